The minimum Gasteiger partial charge on any atom is -0.396 e. The lowest BCUT2D eigenvalue weighted by atomic mass is 10.1. The van der Waals surface area contributed by atoms with Crippen LogP contribution >= 0.6 is 11.3 Å². The molecular formula is C15H19NO3S2. The second kappa shape index (κ2) is 6.60. The Morgan fingerprint density at radius 2 is 2.00 bits per heavy atom. The molecule has 0 aliphatic carbocycles. The van der Waals surface area contributed by atoms with Crippen LogP contribution in [-0.4, -0.2) is 20.1 Å². The third kappa shape index (κ3) is 4.06. The standard InChI is InChI=1S/C15H19NO3S2/c1-11-9-15(12(2)20-11)21(18,19)16-14-7-3-5-13(10-14)6-4-8-17/h3,5,7,9-10,16-17H,4,6,8H2,1-2H3. The molecule has 2 N–H and O–H groups in total. The molecule has 1 aromatic heterocycles. The van der Waals surface area contributed by atoms with Crippen LogP contribution < -0.4 is 4.72 Å². The number of aryl methyl sites for hydroxylation is 3. The monoisotopic (exact) mass is 325 g/mol. The maximum Gasteiger partial charge on any atom is 0.262 e. The summed E-state index contributed by atoms with van der Waals surface area (Å²) in [7, 11) is -3.55. The first-order valence-electron chi connectivity index (χ1n) is 6.72. The SMILES string of the molecule is Cc1cc(S(=O)(=O)Nc2cccc(CCCO)c2)c(C)s1. The Balaban J connectivity index is 2.22. The summed E-state index contributed by atoms with van der Waals surface area (Å²) in [6.07, 6.45) is 1.39. The Kier molecular flexibility index (Phi) is 5.03. The fraction of sp³-hybridized carbons (Fsp3) is 0.333. The molecule has 0 atom stereocenters. The van der Waals surface area contributed by atoms with E-state index < -0.39 is 10.0 Å². The Morgan fingerprint density at radius 3 is 2.62 bits per heavy atom. The van der Waals surface area contributed by atoms with Gasteiger partial charge in [-0.2, -0.15) is 0 Å². The second-order valence-corrected chi connectivity index (χ2v) is 8.02. The van der Waals surface area contributed by atoms with Crippen molar-refractivity contribution in [1.82, 2.24) is 0 Å². The first-order valence-corrected chi connectivity index (χ1v) is 9.02. The van der Waals surface area contributed by atoms with Crippen molar-refractivity contribution >= 4 is 27.0 Å². The number of hydrogen-bond donors (Lipinski definition) is 2. The van der Waals surface area contributed by atoms with Crippen molar-refractivity contribution in [2.24, 2.45) is 0 Å². The smallest absolute Gasteiger partial charge is 0.262 e. The third-order valence-corrected chi connectivity index (χ3v) is 5.69. The van der Waals surface area contributed by atoms with Gasteiger partial charge in [-0.3, -0.25) is 4.72 Å². The molecule has 4 nitrogen and oxygen atoms in total. The van der Waals surface area contributed by atoms with E-state index in [9.17, 15) is 8.42 Å². The number of rotatable bonds is 6. The molecule has 0 saturated heterocycles. The van der Waals surface area contributed by atoms with Crippen molar-refractivity contribution < 1.29 is 13.5 Å². The quantitative estimate of drug-likeness (QED) is 0.857. The molecule has 0 bridgehead atoms. The van der Waals surface area contributed by atoms with Crippen molar-refractivity contribution in [3.8, 4) is 0 Å². The Bertz CT molecular complexity index is 720. The maximum absolute atomic E-state index is 12.4. The summed E-state index contributed by atoms with van der Waals surface area (Å²) in [5, 5.41) is 8.85. The molecular weight excluding hydrogens is 306 g/mol. The molecule has 2 rings (SSSR count). The molecule has 0 unspecified atom stereocenters. The molecule has 1 aromatic carbocycles. The van der Waals surface area contributed by atoms with Crippen LogP contribution in [0.3, 0.4) is 0 Å². The highest BCUT2D eigenvalue weighted by Crippen LogP contribution is 2.27. The first kappa shape index (κ1) is 16.0. The van der Waals surface area contributed by atoms with Crippen LogP contribution in [-0.2, 0) is 16.4 Å². The highest BCUT2D eigenvalue weighted by Gasteiger charge is 2.19. The van der Waals surface area contributed by atoms with Crippen LogP contribution in [0.2, 0.25) is 0 Å². The van der Waals surface area contributed by atoms with Gasteiger partial charge in [-0.15, -0.1) is 11.3 Å². The number of aliphatic hydroxyl groups is 1. The Morgan fingerprint density at radius 1 is 1.24 bits per heavy atom. The fourth-order valence-corrected chi connectivity index (χ4v) is 4.76. The zero-order valence-corrected chi connectivity index (χ0v) is 13.7. The molecule has 0 amide bonds. The van der Waals surface area contributed by atoms with E-state index in [0.29, 0.717) is 17.0 Å². The molecule has 21 heavy (non-hydrogen) atoms. The Hall–Kier alpha value is -1.37. The number of nitrogens with one attached hydrogen (secondary N) is 1. The van der Waals surface area contributed by atoms with Crippen LogP contribution in [0.15, 0.2) is 35.2 Å². The summed E-state index contributed by atoms with van der Waals surface area (Å²) >= 11 is 1.47. The van der Waals surface area contributed by atoms with E-state index >= 15 is 0 Å². The lowest BCUT2D eigenvalue weighted by molar-refractivity contribution is 0.288. The van der Waals surface area contributed by atoms with Crippen molar-refractivity contribution in [2.45, 2.75) is 31.6 Å². The number of anilines is 1. The summed E-state index contributed by atoms with van der Waals surface area (Å²) in [5.74, 6) is 0. The van der Waals surface area contributed by atoms with E-state index in [-0.39, 0.29) is 6.61 Å². The first-order chi connectivity index (χ1) is 9.92. The van der Waals surface area contributed by atoms with Gasteiger partial charge in [0.1, 0.15) is 4.90 Å². The average molecular weight is 325 g/mol. The predicted molar refractivity (Wildman–Crippen MR) is 86.5 cm³/mol. The van der Waals surface area contributed by atoms with Crippen molar-refractivity contribution in [3.63, 3.8) is 0 Å². The lowest BCUT2D eigenvalue weighted by Crippen LogP contribution is -2.13. The minimum atomic E-state index is -3.55. The van der Waals surface area contributed by atoms with Gasteiger partial charge < -0.3 is 5.11 Å². The van der Waals surface area contributed by atoms with Gasteiger partial charge in [0, 0.05) is 22.0 Å². The van der Waals surface area contributed by atoms with E-state index in [1.807, 2.05) is 32.0 Å². The molecule has 0 fully saturated rings. The van der Waals surface area contributed by atoms with Gasteiger partial charge in [-0.25, -0.2) is 8.42 Å². The highest BCUT2D eigenvalue weighted by molar-refractivity contribution is 7.93. The molecule has 2 aromatic rings. The van der Waals surface area contributed by atoms with E-state index in [0.717, 1.165) is 21.7 Å². The van der Waals surface area contributed by atoms with E-state index in [4.69, 9.17) is 5.11 Å². The average Bonchev–Trinajstić information content (AvgIpc) is 2.76. The van der Waals surface area contributed by atoms with E-state index in [1.165, 1.54) is 11.3 Å². The van der Waals surface area contributed by atoms with Crippen LogP contribution in [0.4, 0.5) is 5.69 Å². The van der Waals surface area contributed by atoms with Gasteiger partial charge in [0.25, 0.3) is 10.0 Å². The lowest BCUT2D eigenvalue weighted by Gasteiger charge is -2.09. The molecule has 0 saturated carbocycles. The number of sulfonamides is 1. The fourth-order valence-electron chi connectivity index (χ4n) is 2.16. The largest absolute Gasteiger partial charge is 0.396 e. The van der Waals surface area contributed by atoms with Crippen LogP contribution in [0.5, 0.6) is 0 Å². The second-order valence-electron chi connectivity index (χ2n) is 4.91. The molecule has 114 valence electrons. The van der Waals surface area contributed by atoms with Crippen molar-refractivity contribution in [2.75, 3.05) is 11.3 Å². The van der Waals surface area contributed by atoms with Gasteiger partial charge >= 0.3 is 0 Å². The summed E-state index contributed by atoms with van der Waals surface area (Å²) in [5.41, 5.74) is 1.55. The summed E-state index contributed by atoms with van der Waals surface area (Å²) in [6.45, 7) is 3.83. The molecule has 6 heteroatoms. The van der Waals surface area contributed by atoms with Crippen LogP contribution in [0.25, 0.3) is 0 Å². The zero-order valence-electron chi connectivity index (χ0n) is 12.1. The van der Waals surface area contributed by atoms with Crippen molar-refractivity contribution in [1.29, 1.82) is 0 Å². The van der Waals surface area contributed by atoms with Crippen LogP contribution in [0, 0.1) is 13.8 Å². The van der Waals surface area contributed by atoms with Crippen LogP contribution in [0.1, 0.15) is 21.7 Å². The molecule has 0 radical (unpaired) electrons. The summed E-state index contributed by atoms with van der Waals surface area (Å²) in [4.78, 5) is 2.10. The normalized spacial score (nSPS) is 11.6. The molecule has 0 spiro atoms. The maximum atomic E-state index is 12.4. The topological polar surface area (TPSA) is 66.4 Å². The minimum absolute atomic E-state index is 0.128. The zero-order chi connectivity index (χ0) is 15.5. The molecule has 0 aliphatic rings. The number of benzene rings is 1. The van der Waals surface area contributed by atoms with Gasteiger partial charge in [0.2, 0.25) is 0 Å². The van der Waals surface area contributed by atoms with Gasteiger partial charge in [0.05, 0.1) is 0 Å². The Labute approximate surface area is 129 Å². The number of hydrogen-bond acceptors (Lipinski definition) is 4. The van der Waals surface area contributed by atoms with Gasteiger partial charge in [-0.1, -0.05) is 12.1 Å². The molecule has 0 aliphatic heterocycles. The van der Waals surface area contributed by atoms with Crippen molar-refractivity contribution in [3.05, 3.63) is 45.6 Å². The molecule has 1 heterocycles. The predicted octanol–water partition coefficient (Wildman–Crippen LogP) is 3.09. The highest BCUT2D eigenvalue weighted by atomic mass is 32.2. The van der Waals surface area contributed by atoms with Gasteiger partial charge in [0.15, 0.2) is 0 Å². The van der Waals surface area contributed by atoms with Gasteiger partial charge in [-0.05, 0) is 50.5 Å². The summed E-state index contributed by atoms with van der Waals surface area (Å²) < 4.78 is 27.5. The third-order valence-electron chi connectivity index (χ3n) is 3.09. The number of aliphatic hydroxyl groups excluding tert-OH is 1. The number of thiophene rings is 1. The van der Waals surface area contributed by atoms with E-state index in [2.05, 4.69) is 4.72 Å². The van der Waals surface area contributed by atoms with E-state index in [1.54, 1.807) is 12.1 Å². The summed E-state index contributed by atoms with van der Waals surface area (Å²) in [6, 6.07) is 8.97.